The Morgan fingerprint density at radius 1 is 1.30 bits per heavy atom. The van der Waals surface area contributed by atoms with Crippen molar-refractivity contribution in [2.75, 3.05) is 0 Å². The van der Waals surface area contributed by atoms with Crippen LogP contribution in [-0.2, 0) is 70.2 Å². The fraction of sp³-hybridized carbons (Fsp3) is 0.696. The molecule has 0 aromatic carbocycles. The van der Waals surface area contributed by atoms with Crippen molar-refractivity contribution in [3.05, 3.63) is 35.8 Å². The van der Waals surface area contributed by atoms with Crippen LogP contribution in [-0.4, -0.2) is 6.29 Å². The quantitative estimate of drug-likeness (QED) is 0.353. The maximum atomic E-state index is 11.9. The summed E-state index contributed by atoms with van der Waals surface area (Å²) in [4.78, 5) is 11.9. The van der Waals surface area contributed by atoms with Gasteiger partial charge in [0.05, 0.1) is 12.5 Å². The summed E-state index contributed by atoms with van der Waals surface area (Å²) in [6.07, 6.45) is 11.6. The summed E-state index contributed by atoms with van der Waals surface area (Å²) in [6.45, 7) is 14.1. The van der Waals surface area contributed by atoms with E-state index >= 15 is 0 Å². The maximum Gasteiger partial charge on any atom is 0.0937 e. The predicted molar refractivity (Wildman–Crippen MR) is 102 cm³/mol. The molecule has 4 heteroatoms. The van der Waals surface area contributed by atoms with E-state index in [4.69, 9.17) is 4.42 Å². The number of allylic oxidation sites excluding steroid dienone is 2. The molecular formula is C23H33O2Y2-. The molecule has 2 radical (unpaired) electrons. The Hall–Kier alpha value is 0.898. The molecule has 0 saturated heterocycles. The summed E-state index contributed by atoms with van der Waals surface area (Å²) >= 11 is 0. The molecule has 0 spiro atoms. The molecule has 1 aromatic heterocycles. The molecule has 2 aliphatic rings. The van der Waals surface area contributed by atoms with Crippen LogP contribution < -0.4 is 0 Å². The first-order valence-electron chi connectivity index (χ1n) is 9.82. The van der Waals surface area contributed by atoms with Crippen molar-refractivity contribution < 1.29 is 74.6 Å². The number of fused-ring (bicyclic) bond motifs is 1. The second-order valence-electron chi connectivity index (χ2n) is 9.34. The van der Waals surface area contributed by atoms with E-state index < -0.39 is 0 Å². The minimum atomic E-state index is -0.0331. The van der Waals surface area contributed by atoms with Crippen molar-refractivity contribution >= 4 is 6.29 Å². The van der Waals surface area contributed by atoms with Gasteiger partial charge in [0.2, 0.25) is 0 Å². The number of hydrogen-bond donors (Lipinski definition) is 0. The van der Waals surface area contributed by atoms with Gasteiger partial charge in [0.25, 0.3) is 0 Å². The molecule has 27 heavy (non-hydrogen) atoms. The van der Waals surface area contributed by atoms with Crippen LogP contribution in [0.4, 0.5) is 0 Å². The molecule has 2 nitrogen and oxygen atoms in total. The van der Waals surface area contributed by atoms with Crippen molar-refractivity contribution in [3.63, 3.8) is 0 Å². The van der Waals surface area contributed by atoms with E-state index in [0.29, 0.717) is 23.7 Å². The summed E-state index contributed by atoms with van der Waals surface area (Å²) in [6, 6.07) is 2.06. The van der Waals surface area contributed by atoms with Crippen LogP contribution >= 0.6 is 0 Å². The number of carbonyl (C=O) groups excluding carboxylic acids is 1. The summed E-state index contributed by atoms with van der Waals surface area (Å²) < 4.78 is 5.31. The molecule has 2 aliphatic carbocycles. The van der Waals surface area contributed by atoms with Gasteiger partial charge in [-0.1, -0.05) is 52.7 Å². The third-order valence-corrected chi connectivity index (χ3v) is 7.91. The molecular weight excluding hydrogens is 486 g/mol. The molecule has 3 rings (SSSR count). The molecule has 0 amide bonds. The minimum absolute atomic E-state index is 0. The molecule has 1 fully saturated rings. The average Bonchev–Trinajstić information content (AvgIpc) is 3.08. The molecule has 0 aliphatic heterocycles. The van der Waals surface area contributed by atoms with Crippen LogP contribution in [0.3, 0.4) is 0 Å². The molecule has 1 saturated carbocycles. The van der Waals surface area contributed by atoms with Gasteiger partial charge in [-0.25, -0.2) is 0 Å². The van der Waals surface area contributed by atoms with Gasteiger partial charge >= 0.3 is 0 Å². The summed E-state index contributed by atoms with van der Waals surface area (Å²) in [5.41, 5.74) is 2.93. The first-order valence-corrected chi connectivity index (χ1v) is 9.82. The van der Waals surface area contributed by atoms with Crippen molar-refractivity contribution in [1.82, 2.24) is 0 Å². The van der Waals surface area contributed by atoms with Crippen LogP contribution in [0.25, 0.3) is 0 Å². The fourth-order valence-electron chi connectivity index (χ4n) is 6.33. The summed E-state index contributed by atoms with van der Waals surface area (Å²) in [5.74, 6) is 2.06. The molecule has 1 heterocycles. The first kappa shape index (κ1) is 25.9. The van der Waals surface area contributed by atoms with Gasteiger partial charge in [0, 0.05) is 65.4 Å². The second-order valence-corrected chi connectivity index (χ2v) is 9.34. The summed E-state index contributed by atoms with van der Waals surface area (Å²) in [7, 11) is 0. The molecule has 1 aromatic rings. The zero-order chi connectivity index (χ0) is 18.4. The normalized spacial score (nSPS) is 39.3. The number of rotatable bonds is 4. The zero-order valence-corrected chi connectivity index (χ0v) is 23.5. The van der Waals surface area contributed by atoms with Crippen LogP contribution in [0.2, 0.25) is 0 Å². The third kappa shape index (κ3) is 4.50. The van der Waals surface area contributed by atoms with Crippen molar-refractivity contribution in [1.29, 1.82) is 0 Å². The van der Waals surface area contributed by atoms with Gasteiger partial charge in [0.15, 0.2) is 0 Å². The van der Waals surface area contributed by atoms with Crippen molar-refractivity contribution in [3.8, 4) is 0 Å². The zero-order valence-electron chi connectivity index (χ0n) is 17.8. The Balaban J connectivity index is 0.00000182. The SMILES string of the molecule is CC1=CC(C)C(C)C2[C@@]1(C)CC[C@@H]([C-]=O)[C@]2(C)CC(C)c1ccoc1.[Y].[Y]. The van der Waals surface area contributed by atoms with Crippen molar-refractivity contribution in [2.24, 2.45) is 34.5 Å². The Bertz CT molecular complexity index is 653. The van der Waals surface area contributed by atoms with E-state index in [1.54, 1.807) is 6.26 Å². The Morgan fingerprint density at radius 3 is 2.52 bits per heavy atom. The van der Waals surface area contributed by atoms with Crippen LogP contribution in [0.1, 0.15) is 72.3 Å². The van der Waals surface area contributed by atoms with Gasteiger partial charge in [-0.15, -0.1) is 5.92 Å². The van der Waals surface area contributed by atoms with Crippen LogP contribution in [0.15, 0.2) is 34.7 Å². The topological polar surface area (TPSA) is 30.2 Å². The minimum Gasteiger partial charge on any atom is -0.541 e. The average molecular weight is 519 g/mol. The van der Waals surface area contributed by atoms with E-state index in [1.807, 2.05) is 6.26 Å². The molecule has 0 bridgehead atoms. The standard InChI is InChI=1S/C23H33O2.2Y/c1-15-11-17(3)22(5)9-7-20(13-24)23(6,21(22)18(15)4)12-16(2)19-8-10-25-14-19;;/h8,10-11,14-16,18,20-21H,7,9,12H2,1-6H3;;/q-1;;/t15?,16?,18?,20-,21?,22-,23-;;/m0../s1. The number of furan rings is 1. The number of hydrogen-bond acceptors (Lipinski definition) is 2. The Kier molecular flexibility index (Phi) is 9.42. The molecule has 0 N–H and O–H groups in total. The predicted octanol–water partition coefficient (Wildman–Crippen LogP) is 6.15. The van der Waals surface area contributed by atoms with Gasteiger partial charge in [-0.3, -0.25) is 6.29 Å². The molecule has 7 atom stereocenters. The van der Waals surface area contributed by atoms with Crippen LogP contribution in [0.5, 0.6) is 0 Å². The summed E-state index contributed by atoms with van der Waals surface area (Å²) in [5, 5.41) is 0. The first-order chi connectivity index (χ1) is 11.7. The Morgan fingerprint density at radius 2 is 1.96 bits per heavy atom. The largest absolute Gasteiger partial charge is 0.541 e. The Labute approximate surface area is 215 Å². The fourth-order valence-corrected chi connectivity index (χ4v) is 6.33. The van der Waals surface area contributed by atoms with Crippen molar-refractivity contribution in [2.45, 2.75) is 66.7 Å². The third-order valence-electron chi connectivity index (χ3n) is 7.91. The van der Waals surface area contributed by atoms with E-state index in [2.05, 4.69) is 60.0 Å². The van der Waals surface area contributed by atoms with Gasteiger partial charge < -0.3 is 9.21 Å². The molecule has 144 valence electrons. The maximum absolute atomic E-state index is 11.9. The second kappa shape index (κ2) is 9.80. The van der Waals surface area contributed by atoms with Gasteiger partial charge in [-0.2, -0.15) is 0 Å². The smallest absolute Gasteiger partial charge is 0.0937 e. The monoisotopic (exact) mass is 519 g/mol. The van der Waals surface area contributed by atoms with E-state index in [9.17, 15) is 4.79 Å². The van der Waals surface area contributed by atoms with E-state index in [-0.39, 0.29) is 82.2 Å². The van der Waals surface area contributed by atoms with Crippen LogP contribution in [0, 0.1) is 34.5 Å². The van der Waals surface area contributed by atoms with E-state index in [0.717, 1.165) is 19.3 Å². The van der Waals surface area contributed by atoms with Gasteiger partial charge in [-0.05, 0) is 65.9 Å². The van der Waals surface area contributed by atoms with Gasteiger partial charge in [0.1, 0.15) is 0 Å². The van der Waals surface area contributed by atoms with E-state index in [1.165, 1.54) is 11.1 Å². The molecule has 4 unspecified atom stereocenters.